The van der Waals surface area contributed by atoms with Gasteiger partial charge in [0.2, 0.25) is 11.8 Å². The minimum absolute atomic E-state index is 0.0747. The van der Waals surface area contributed by atoms with Gasteiger partial charge in [0.15, 0.2) is 0 Å². The van der Waals surface area contributed by atoms with E-state index in [1.165, 1.54) is 10.5 Å². The van der Waals surface area contributed by atoms with E-state index in [1.807, 2.05) is 17.0 Å². The largest absolute Gasteiger partial charge is 0.382 e. The average molecular weight is 415 g/mol. The van der Waals surface area contributed by atoms with Crippen molar-refractivity contribution in [1.82, 2.24) is 9.80 Å². The minimum Gasteiger partial charge on any atom is -0.382 e. The number of hydrogen-bond acceptors (Lipinski definition) is 4. The molecule has 160 valence electrons. The van der Waals surface area contributed by atoms with Gasteiger partial charge in [0.1, 0.15) is 6.17 Å². The molecule has 0 spiro atoms. The van der Waals surface area contributed by atoms with Crippen molar-refractivity contribution in [3.63, 3.8) is 0 Å². The second-order valence-electron chi connectivity index (χ2n) is 8.43. The first-order valence-corrected chi connectivity index (χ1v) is 10.7. The summed E-state index contributed by atoms with van der Waals surface area (Å²) in [6.45, 7) is 9.63. The molecule has 1 N–H and O–H groups in total. The Hall–Kier alpha value is -2.66. The second kappa shape index (κ2) is 8.60. The number of alkyl halides is 1. The summed E-state index contributed by atoms with van der Waals surface area (Å²) in [6.07, 6.45) is 1.31. The summed E-state index contributed by atoms with van der Waals surface area (Å²) in [5.41, 5.74) is 3.31. The van der Waals surface area contributed by atoms with Crippen LogP contribution < -0.4 is 10.2 Å². The van der Waals surface area contributed by atoms with Gasteiger partial charge in [-0.3, -0.25) is 19.4 Å². The molecule has 0 unspecified atom stereocenters. The van der Waals surface area contributed by atoms with Crippen molar-refractivity contribution in [3.05, 3.63) is 28.6 Å². The van der Waals surface area contributed by atoms with E-state index < -0.39 is 12.3 Å². The molecule has 2 fully saturated rings. The van der Waals surface area contributed by atoms with Crippen LogP contribution in [0.15, 0.2) is 18.2 Å². The van der Waals surface area contributed by atoms with Crippen molar-refractivity contribution in [1.29, 1.82) is 0 Å². The van der Waals surface area contributed by atoms with Gasteiger partial charge in [-0.15, -0.1) is 0 Å². The summed E-state index contributed by atoms with van der Waals surface area (Å²) in [5, 5.41) is 3.65. The molecule has 0 saturated carbocycles. The molecule has 7 nitrogen and oxygen atoms in total. The van der Waals surface area contributed by atoms with Crippen LogP contribution in [0, 0.1) is 6.57 Å². The Morgan fingerprint density at radius 1 is 1.27 bits per heavy atom. The number of anilines is 2. The van der Waals surface area contributed by atoms with Crippen molar-refractivity contribution in [2.24, 2.45) is 0 Å². The first-order chi connectivity index (χ1) is 14.5. The number of nitrogens with one attached hydrogen (secondary N) is 1. The van der Waals surface area contributed by atoms with Crippen LogP contribution in [-0.4, -0.2) is 72.7 Å². The van der Waals surface area contributed by atoms with Crippen LogP contribution in [0.1, 0.15) is 31.7 Å². The van der Waals surface area contributed by atoms with Crippen molar-refractivity contribution in [3.8, 4) is 6.57 Å². The van der Waals surface area contributed by atoms with Crippen LogP contribution in [0.25, 0.3) is 4.85 Å². The highest BCUT2D eigenvalue weighted by Crippen LogP contribution is 2.34. The van der Waals surface area contributed by atoms with Crippen LogP contribution in [0.2, 0.25) is 0 Å². The molecule has 1 aromatic carbocycles. The van der Waals surface area contributed by atoms with E-state index in [2.05, 4.69) is 21.1 Å². The molecular formula is C22H29FN5O2+. The second-order valence-corrected chi connectivity index (χ2v) is 8.43. The lowest BCUT2D eigenvalue weighted by atomic mass is 10.0. The fourth-order valence-electron chi connectivity index (χ4n) is 4.81. The molecular weight excluding hydrogens is 385 g/mol. The Kier molecular flexibility index (Phi) is 5.91. The number of piperidine rings is 1. The number of fused-ring (bicyclic) bond motifs is 1. The summed E-state index contributed by atoms with van der Waals surface area (Å²) >= 11 is 0. The summed E-state index contributed by atoms with van der Waals surface area (Å²) in [4.78, 5) is 33.4. The van der Waals surface area contributed by atoms with Gasteiger partial charge in [0.05, 0.1) is 19.5 Å². The van der Waals surface area contributed by atoms with Crippen LogP contribution in [0.3, 0.4) is 0 Å². The molecule has 2 amide bonds. The predicted molar refractivity (Wildman–Crippen MR) is 115 cm³/mol. The normalized spacial score (nSPS) is 24.6. The zero-order valence-electron chi connectivity index (χ0n) is 17.4. The Morgan fingerprint density at radius 3 is 2.73 bits per heavy atom. The summed E-state index contributed by atoms with van der Waals surface area (Å²) in [7, 11) is 0. The lowest BCUT2D eigenvalue weighted by Crippen LogP contribution is -2.46. The van der Waals surface area contributed by atoms with Crippen LogP contribution in [-0.2, 0) is 16.0 Å². The number of nitrogens with zero attached hydrogens (tertiary/aromatic N) is 4. The predicted octanol–water partition coefficient (Wildman–Crippen LogP) is 2.33. The average Bonchev–Trinajstić information content (AvgIpc) is 3.33. The Balaban J connectivity index is 1.30. The number of hydrogen-bond donors (Lipinski definition) is 1. The fourth-order valence-corrected chi connectivity index (χ4v) is 4.81. The molecule has 1 aromatic rings. The fraction of sp³-hybridized carbons (Fsp3) is 0.591. The zero-order valence-corrected chi connectivity index (χ0v) is 17.4. The molecule has 3 aliphatic rings. The summed E-state index contributed by atoms with van der Waals surface area (Å²) in [6, 6.07) is 6.39. The van der Waals surface area contributed by atoms with E-state index >= 15 is 0 Å². The smallest absolute Gasteiger partial charge is 0.352 e. The number of amides is 2. The monoisotopic (exact) mass is 414 g/mol. The van der Waals surface area contributed by atoms with E-state index in [9.17, 15) is 14.0 Å². The molecule has 0 radical (unpaired) electrons. The number of rotatable bonds is 4. The molecule has 8 heteroatoms. The number of likely N-dealkylation sites (tertiary alicyclic amines) is 2. The quantitative estimate of drug-likeness (QED) is 0.822. The molecule has 0 bridgehead atoms. The van der Waals surface area contributed by atoms with Crippen LogP contribution >= 0.6 is 0 Å². The van der Waals surface area contributed by atoms with Crippen molar-refractivity contribution in [2.75, 3.05) is 42.9 Å². The van der Waals surface area contributed by atoms with Gasteiger partial charge in [-0.05, 0) is 31.4 Å². The van der Waals surface area contributed by atoms with Gasteiger partial charge in [0.25, 0.3) is 6.57 Å². The van der Waals surface area contributed by atoms with Crippen molar-refractivity contribution in [2.45, 2.75) is 51.0 Å². The lowest BCUT2D eigenvalue weighted by Gasteiger charge is -2.33. The molecule has 4 rings (SSSR count). The molecule has 3 aliphatic heterocycles. The maximum absolute atomic E-state index is 13.6. The maximum atomic E-state index is 13.6. The molecule has 0 aromatic heterocycles. The number of carbonyl (C=O) groups excluding carboxylic acids is 2. The zero-order chi connectivity index (χ0) is 21.3. The summed E-state index contributed by atoms with van der Waals surface area (Å²) < 4.78 is 13.6. The highest BCUT2D eigenvalue weighted by molar-refractivity contribution is 5.95. The first kappa shape index (κ1) is 20.6. The molecule has 30 heavy (non-hydrogen) atoms. The minimum atomic E-state index is -1.05. The van der Waals surface area contributed by atoms with Gasteiger partial charge < -0.3 is 10.2 Å². The third kappa shape index (κ3) is 4.12. The van der Waals surface area contributed by atoms with Gasteiger partial charge in [0, 0.05) is 49.5 Å². The van der Waals surface area contributed by atoms with Gasteiger partial charge >= 0.3 is 6.17 Å². The molecule has 2 atom stereocenters. The van der Waals surface area contributed by atoms with Gasteiger partial charge in [-0.2, -0.15) is 0 Å². The van der Waals surface area contributed by atoms with Crippen molar-refractivity contribution >= 4 is 23.2 Å². The molecule has 3 heterocycles. The van der Waals surface area contributed by atoms with E-state index in [-0.39, 0.29) is 31.3 Å². The lowest BCUT2D eigenvalue weighted by molar-refractivity contribution is -0.133. The Bertz CT molecular complexity index is 862. The van der Waals surface area contributed by atoms with Gasteiger partial charge in [-0.1, -0.05) is 10.9 Å². The third-order valence-corrected chi connectivity index (χ3v) is 6.43. The topological polar surface area (TPSA) is 60.3 Å². The van der Waals surface area contributed by atoms with E-state index in [1.54, 1.807) is 6.92 Å². The van der Waals surface area contributed by atoms with Gasteiger partial charge in [-0.25, -0.2) is 4.39 Å². The van der Waals surface area contributed by atoms with E-state index in [0.717, 1.165) is 50.3 Å². The highest BCUT2D eigenvalue weighted by Gasteiger charge is 2.42. The van der Waals surface area contributed by atoms with Crippen molar-refractivity contribution < 1.29 is 14.0 Å². The third-order valence-electron chi connectivity index (χ3n) is 6.43. The number of carbonyl (C=O) groups is 2. The highest BCUT2D eigenvalue weighted by atomic mass is 19.1. The maximum Gasteiger partial charge on any atom is 0.352 e. The first-order valence-electron chi connectivity index (χ1n) is 10.7. The number of benzene rings is 1. The van der Waals surface area contributed by atoms with E-state index in [4.69, 9.17) is 6.57 Å². The Morgan fingerprint density at radius 2 is 2.03 bits per heavy atom. The Labute approximate surface area is 176 Å². The SMILES string of the molecule is C#[N+][C@@H]1C[C@H](F)CN1C(=O)CN1CCC(Nc2cccc3c2CCN3C(C)=O)CC1. The molecule has 0 aliphatic carbocycles. The van der Waals surface area contributed by atoms with Crippen LogP contribution in [0.5, 0.6) is 0 Å². The summed E-state index contributed by atoms with van der Waals surface area (Å²) in [5.74, 6) is -0.0309. The standard InChI is InChI=1S/C22H29FN5O2/c1-15(29)27-11-8-18-19(4-3-5-20(18)27)25-17-6-9-26(10-7-17)14-22(30)28-13-16(23)12-21(28)24-2/h2-5,16-17,21,25H,6-14H2,1H3/q+1/t16-,21-/m0/s1. The molecule has 2 saturated heterocycles. The van der Waals surface area contributed by atoms with E-state index in [0.29, 0.717) is 6.04 Å². The van der Waals surface area contributed by atoms with Crippen LogP contribution in [0.4, 0.5) is 15.8 Å². The number of halogens is 1.